The van der Waals surface area contributed by atoms with E-state index in [2.05, 4.69) is 10.2 Å². The molecule has 3 aromatic rings. The predicted octanol–water partition coefficient (Wildman–Crippen LogP) is 4.25. The second-order valence-corrected chi connectivity index (χ2v) is 8.12. The average molecular weight is 477 g/mol. The molecule has 2 heterocycles. The largest absolute Gasteiger partial charge is 0.378 e. The van der Waals surface area contributed by atoms with Crippen LogP contribution in [0.4, 0.5) is 10.2 Å². The van der Waals surface area contributed by atoms with Gasteiger partial charge in [0.2, 0.25) is 0 Å². The fourth-order valence-electron chi connectivity index (χ4n) is 3.89. The molecule has 2 aromatic carbocycles. The van der Waals surface area contributed by atoms with Gasteiger partial charge in [-0.1, -0.05) is 0 Å². The van der Waals surface area contributed by atoms with Crippen LogP contribution in [0.3, 0.4) is 0 Å². The molecular weight excluding hydrogens is 447 g/mol. The number of carbonyl (C=O) groups is 1. The minimum Gasteiger partial charge on any atom is -0.378 e. The molecule has 0 aliphatic carbocycles. The third-order valence-corrected chi connectivity index (χ3v) is 5.75. The highest BCUT2D eigenvalue weighted by Crippen LogP contribution is 2.30. The number of nitrogens with one attached hydrogen (secondary N) is 3. The van der Waals surface area contributed by atoms with E-state index >= 15 is 0 Å². The Balaban J connectivity index is 0.00000361. The van der Waals surface area contributed by atoms with Crippen molar-refractivity contribution in [1.29, 1.82) is 10.8 Å². The molecule has 8 nitrogen and oxygen atoms in total. The lowest BCUT2D eigenvalue weighted by molar-refractivity contribution is 0.0953. The second kappa shape index (κ2) is 11.4. The van der Waals surface area contributed by atoms with Crippen LogP contribution in [0.2, 0.25) is 0 Å². The zero-order valence-electron chi connectivity index (χ0n) is 19.3. The first kappa shape index (κ1) is 24.2. The van der Waals surface area contributed by atoms with Gasteiger partial charge in [0.1, 0.15) is 11.5 Å². The van der Waals surface area contributed by atoms with Crippen molar-refractivity contribution in [3.63, 3.8) is 0 Å². The van der Waals surface area contributed by atoms with E-state index in [1.807, 2.05) is 0 Å². The van der Waals surface area contributed by atoms with Crippen LogP contribution in [0.25, 0.3) is 22.3 Å². The molecule has 1 aliphatic rings. The topological polar surface area (TPSA) is 115 Å². The Bertz CT molecular complexity index is 1260. The number of benzene rings is 2. The SMILES string of the molecule is N=C/C=C(\C=N)CCCNC(=O)c1ccc2nc(N3CCOCC3)c(-c3ccc(F)cc3)nc2c1.[HH]. The molecule has 3 N–H and O–H groups in total. The van der Waals surface area contributed by atoms with Crippen molar-refractivity contribution in [2.45, 2.75) is 12.8 Å². The van der Waals surface area contributed by atoms with E-state index in [1.165, 1.54) is 18.3 Å². The monoisotopic (exact) mass is 476 g/mol. The summed E-state index contributed by atoms with van der Waals surface area (Å²) in [6, 6.07) is 11.4. The number of allylic oxidation sites excluding steroid dienone is 2. The van der Waals surface area contributed by atoms with E-state index in [0.717, 1.165) is 17.4 Å². The zero-order chi connectivity index (χ0) is 24.6. The van der Waals surface area contributed by atoms with Crippen LogP contribution in [0.5, 0.6) is 0 Å². The first-order valence-electron chi connectivity index (χ1n) is 11.5. The number of ether oxygens (including phenoxy) is 1. The number of rotatable bonds is 9. The maximum absolute atomic E-state index is 13.6. The molecular formula is C26H29FN6O2. The van der Waals surface area contributed by atoms with Crippen molar-refractivity contribution in [3.8, 4) is 11.3 Å². The highest BCUT2D eigenvalue weighted by Gasteiger charge is 2.20. The molecule has 4 rings (SSSR count). The molecule has 182 valence electrons. The van der Waals surface area contributed by atoms with E-state index < -0.39 is 0 Å². The van der Waals surface area contributed by atoms with Gasteiger partial charge >= 0.3 is 0 Å². The lowest BCUT2D eigenvalue weighted by Crippen LogP contribution is -2.37. The summed E-state index contributed by atoms with van der Waals surface area (Å²) < 4.78 is 19.0. The minimum absolute atomic E-state index is 0. The van der Waals surface area contributed by atoms with Crippen molar-refractivity contribution in [3.05, 3.63) is 65.5 Å². The van der Waals surface area contributed by atoms with Crippen molar-refractivity contribution >= 4 is 35.2 Å². The van der Waals surface area contributed by atoms with E-state index in [-0.39, 0.29) is 13.2 Å². The third-order valence-electron chi connectivity index (χ3n) is 5.75. The quantitative estimate of drug-likeness (QED) is 0.315. The number of morpholine rings is 1. The molecule has 0 atom stereocenters. The number of hydrogen-bond acceptors (Lipinski definition) is 7. The number of anilines is 1. The van der Waals surface area contributed by atoms with Gasteiger partial charge in [-0.05, 0) is 67.0 Å². The molecule has 1 aromatic heterocycles. The maximum atomic E-state index is 13.6. The van der Waals surface area contributed by atoms with Gasteiger partial charge in [-0.2, -0.15) is 0 Å². The first-order valence-corrected chi connectivity index (χ1v) is 11.5. The number of carbonyl (C=O) groups excluding carboxylic acids is 1. The van der Waals surface area contributed by atoms with Gasteiger partial charge in [0.15, 0.2) is 5.82 Å². The molecule has 0 spiro atoms. The number of halogens is 1. The summed E-state index contributed by atoms with van der Waals surface area (Å²) in [6.45, 7) is 3.01. The van der Waals surface area contributed by atoms with Gasteiger partial charge in [0, 0.05) is 44.6 Å². The highest BCUT2D eigenvalue weighted by molar-refractivity contribution is 5.98. The zero-order valence-corrected chi connectivity index (χ0v) is 19.3. The van der Waals surface area contributed by atoms with Crippen molar-refractivity contribution < 1.29 is 15.3 Å². The summed E-state index contributed by atoms with van der Waals surface area (Å²) in [5.74, 6) is 0.168. The first-order chi connectivity index (χ1) is 17.1. The molecule has 1 saturated heterocycles. The highest BCUT2D eigenvalue weighted by atomic mass is 19.1. The predicted molar refractivity (Wildman–Crippen MR) is 137 cm³/mol. The van der Waals surface area contributed by atoms with E-state index in [0.29, 0.717) is 73.8 Å². The summed E-state index contributed by atoms with van der Waals surface area (Å²) in [7, 11) is 0. The summed E-state index contributed by atoms with van der Waals surface area (Å²) in [4.78, 5) is 24.5. The molecule has 0 radical (unpaired) electrons. The van der Waals surface area contributed by atoms with Crippen molar-refractivity contribution in [1.82, 2.24) is 15.3 Å². The Hall–Kier alpha value is -3.98. The fraction of sp³-hybridized carbons (Fsp3) is 0.269. The lowest BCUT2D eigenvalue weighted by atomic mass is 10.1. The number of hydrogen-bond donors (Lipinski definition) is 3. The minimum atomic E-state index is -0.324. The average Bonchev–Trinajstić information content (AvgIpc) is 2.90. The molecule has 1 aliphatic heterocycles. The normalized spacial score (nSPS) is 14.1. The molecule has 0 saturated carbocycles. The standard InChI is InChI=1S/C26H27FN6O2.H2/c27-21-6-3-19(4-7-21)24-25(33-12-14-35-15-13-33)32-22-8-5-20(16-23(22)31-24)26(34)30-11-1-2-18(17-29)9-10-28;/h3-10,16-17,28-29H,1-2,11-15H2,(H,30,34);1H/b18-9-,28-10?,29-17?;. The van der Waals surface area contributed by atoms with Gasteiger partial charge in [0.25, 0.3) is 5.91 Å². The smallest absolute Gasteiger partial charge is 0.251 e. The number of fused-ring (bicyclic) bond motifs is 1. The summed E-state index contributed by atoms with van der Waals surface area (Å²) in [5, 5.41) is 17.3. The van der Waals surface area contributed by atoms with Crippen LogP contribution in [0, 0.1) is 16.6 Å². The van der Waals surface area contributed by atoms with Gasteiger partial charge in [-0.15, -0.1) is 0 Å². The van der Waals surface area contributed by atoms with Gasteiger partial charge in [-0.25, -0.2) is 14.4 Å². The van der Waals surface area contributed by atoms with Crippen molar-refractivity contribution in [2.24, 2.45) is 0 Å². The Morgan fingerprint density at radius 3 is 2.60 bits per heavy atom. The fourth-order valence-corrected chi connectivity index (χ4v) is 3.89. The maximum Gasteiger partial charge on any atom is 0.251 e. The van der Waals surface area contributed by atoms with Gasteiger partial charge in [-0.3, -0.25) is 4.79 Å². The summed E-state index contributed by atoms with van der Waals surface area (Å²) in [6.07, 6.45) is 5.21. The van der Waals surface area contributed by atoms with Crippen molar-refractivity contribution in [2.75, 3.05) is 37.7 Å². The Morgan fingerprint density at radius 2 is 1.89 bits per heavy atom. The molecule has 1 fully saturated rings. The lowest BCUT2D eigenvalue weighted by Gasteiger charge is -2.29. The van der Waals surface area contributed by atoms with Gasteiger partial charge < -0.3 is 25.8 Å². The summed E-state index contributed by atoms with van der Waals surface area (Å²) in [5.41, 5.74) is 3.83. The number of amides is 1. The van der Waals surface area contributed by atoms with Crippen LogP contribution in [0.1, 0.15) is 24.6 Å². The molecule has 1 amide bonds. The van der Waals surface area contributed by atoms with Crippen LogP contribution in [0.15, 0.2) is 54.1 Å². The molecule has 9 heteroatoms. The Kier molecular flexibility index (Phi) is 7.89. The molecule has 35 heavy (non-hydrogen) atoms. The van der Waals surface area contributed by atoms with Crippen LogP contribution in [-0.2, 0) is 4.74 Å². The molecule has 0 bridgehead atoms. The Morgan fingerprint density at radius 1 is 1.11 bits per heavy atom. The third kappa shape index (κ3) is 5.93. The number of aromatic nitrogens is 2. The van der Waals surface area contributed by atoms with Crippen LogP contribution in [-0.4, -0.2) is 61.2 Å². The number of nitrogens with zero attached hydrogens (tertiary/aromatic N) is 3. The summed E-state index contributed by atoms with van der Waals surface area (Å²) >= 11 is 0. The van der Waals surface area contributed by atoms with Crippen LogP contribution < -0.4 is 10.2 Å². The Labute approximate surface area is 204 Å². The second-order valence-electron chi connectivity index (χ2n) is 8.12. The van der Waals surface area contributed by atoms with E-state index in [9.17, 15) is 9.18 Å². The van der Waals surface area contributed by atoms with E-state index in [1.54, 1.807) is 36.4 Å². The van der Waals surface area contributed by atoms with Crippen LogP contribution >= 0.6 is 0 Å². The molecule has 0 unspecified atom stereocenters. The van der Waals surface area contributed by atoms with E-state index in [4.69, 9.17) is 25.5 Å². The van der Waals surface area contributed by atoms with Gasteiger partial charge in [0.05, 0.1) is 24.2 Å².